The van der Waals surface area contributed by atoms with E-state index in [0.717, 1.165) is 0 Å². The van der Waals surface area contributed by atoms with Gasteiger partial charge in [-0.15, -0.1) is 0 Å². The highest BCUT2D eigenvalue weighted by Gasteiger charge is 2.41. The van der Waals surface area contributed by atoms with Crippen molar-refractivity contribution < 1.29 is 24.3 Å². The quantitative estimate of drug-likeness (QED) is 0.426. The van der Waals surface area contributed by atoms with Crippen LogP contribution in [0, 0.1) is 5.92 Å². The minimum absolute atomic E-state index is 0.277. The highest BCUT2D eigenvalue weighted by atomic mass is 16.4. The zero-order chi connectivity index (χ0) is 10.0. The Morgan fingerprint density at radius 3 is 2.15 bits per heavy atom. The first-order valence-corrected chi connectivity index (χ1v) is 3.57. The summed E-state index contributed by atoms with van der Waals surface area (Å²) in [6, 6.07) is 0. The molecule has 0 aromatic carbocycles. The Kier molecular flexibility index (Phi) is 2.34. The molecule has 6 nitrogen and oxygen atoms in total. The molecule has 0 bridgehead atoms. The zero-order valence-corrected chi connectivity index (χ0v) is 6.56. The van der Waals surface area contributed by atoms with E-state index in [2.05, 4.69) is 4.79 Å². The Morgan fingerprint density at radius 1 is 1.38 bits per heavy atom. The van der Waals surface area contributed by atoms with E-state index in [0.29, 0.717) is 0 Å². The van der Waals surface area contributed by atoms with Crippen LogP contribution in [0.3, 0.4) is 0 Å². The molecule has 1 saturated carbocycles. The van der Waals surface area contributed by atoms with Crippen molar-refractivity contribution >= 4 is 23.2 Å². The number of carbonyl (C=O) groups excluding carboxylic acids is 2. The van der Waals surface area contributed by atoms with Crippen molar-refractivity contribution in [3.63, 3.8) is 0 Å². The molecule has 1 aliphatic carbocycles. The van der Waals surface area contributed by atoms with Gasteiger partial charge in [0.15, 0.2) is 0 Å². The van der Waals surface area contributed by atoms with Gasteiger partial charge in [0.1, 0.15) is 0 Å². The van der Waals surface area contributed by atoms with Crippen LogP contribution in [-0.2, 0) is 14.4 Å². The summed E-state index contributed by atoms with van der Waals surface area (Å²) in [5.41, 5.74) is 7.71. The highest BCUT2D eigenvalue weighted by Crippen LogP contribution is 2.16. The molecule has 0 spiro atoms. The van der Waals surface area contributed by atoms with Crippen molar-refractivity contribution in [2.45, 2.75) is 12.8 Å². The van der Waals surface area contributed by atoms with Gasteiger partial charge in [0.25, 0.3) is 0 Å². The molecule has 1 fully saturated rings. The number of hydrogen-bond acceptors (Lipinski definition) is 3. The van der Waals surface area contributed by atoms with Crippen LogP contribution < -0.4 is 0 Å². The van der Waals surface area contributed by atoms with E-state index in [9.17, 15) is 14.4 Å². The summed E-state index contributed by atoms with van der Waals surface area (Å²) in [5.74, 6) is -3.60. The largest absolute Gasteiger partial charge is 0.481 e. The molecule has 6 heteroatoms. The van der Waals surface area contributed by atoms with Gasteiger partial charge in [0.2, 0.25) is 11.6 Å². The smallest absolute Gasteiger partial charge is 0.400 e. The van der Waals surface area contributed by atoms with Gasteiger partial charge in [-0.3, -0.25) is 14.4 Å². The molecule has 0 amide bonds. The first-order chi connectivity index (χ1) is 6.06. The van der Waals surface area contributed by atoms with E-state index in [4.69, 9.17) is 10.6 Å². The molecule has 13 heavy (non-hydrogen) atoms. The lowest BCUT2D eigenvalue weighted by Crippen LogP contribution is -2.37. The molecule has 1 N–H and O–H groups in total. The topological polar surface area (TPSA) is 108 Å². The Morgan fingerprint density at radius 2 is 1.85 bits per heavy atom. The molecule has 68 valence electrons. The summed E-state index contributed by atoms with van der Waals surface area (Å²) >= 11 is 0. The van der Waals surface area contributed by atoms with Gasteiger partial charge in [0, 0.05) is 12.8 Å². The maximum atomic E-state index is 11.0. The van der Waals surface area contributed by atoms with Crippen LogP contribution in [0.2, 0.25) is 0 Å². The molecule has 0 aromatic rings. The fourth-order valence-electron chi connectivity index (χ4n) is 1.15. The number of nitrogens with zero attached hydrogens (tertiary/aromatic N) is 2. The average Bonchev–Trinajstić information content (AvgIpc) is 2.03. The van der Waals surface area contributed by atoms with E-state index in [1.807, 2.05) is 0 Å². The lowest BCUT2D eigenvalue weighted by atomic mass is 9.86. The second kappa shape index (κ2) is 3.28. The molecule has 1 aliphatic rings. The number of hydrogen-bond donors (Lipinski definition) is 1. The summed E-state index contributed by atoms with van der Waals surface area (Å²) in [4.78, 5) is 34.9. The van der Waals surface area contributed by atoms with Crippen LogP contribution in [0.5, 0.6) is 0 Å². The lowest BCUT2D eigenvalue weighted by Gasteiger charge is -2.11. The fourth-order valence-corrected chi connectivity index (χ4v) is 1.15. The van der Waals surface area contributed by atoms with Gasteiger partial charge in [-0.25, -0.2) is 0 Å². The van der Waals surface area contributed by atoms with E-state index in [-0.39, 0.29) is 12.8 Å². The molecule has 1 rings (SSSR count). The molecule has 0 aliphatic heterocycles. The Balaban J connectivity index is 2.91. The summed E-state index contributed by atoms with van der Waals surface area (Å²) in [5, 5.41) is 8.53. The third-order valence-corrected chi connectivity index (χ3v) is 1.84. The first-order valence-electron chi connectivity index (χ1n) is 3.57. The van der Waals surface area contributed by atoms with Crippen LogP contribution in [0.25, 0.3) is 5.53 Å². The van der Waals surface area contributed by atoms with Crippen molar-refractivity contribution in [3.8, 4) is 0 Å². The van der Waals surface area contributed by atoms with Crippen LogP contribution in [0.1, 0.15) is 12.8 Å². The van der Waals surface area contributed by atoms with Gasteiger partial charge in [0.05, 0.1) is 5.92 Å². The Bertz CT molecular complexity index is 320. The van der Waals surface area contributed by atoms with Crippen LogP contribution in [0.15, 0.2) is 0 Å². The van der Waals surface area contributed by atoms with E-state index >= 15 is 0 Å². The number of aliphatic carboxylic acids is 1. The van der Waals surface area contributed by atoms with Crippen molar-refractivity contribution in [3.05, 3.63) is 5.53 Å². The summed E-state index contributed by atoms with van der Waals surface area (Å²) < 4.78 is 0. The number of carbonyl (C=O) groups is 3. The number of Topliss-reactive ketones (excluding diaryl/α,β-unsaturated/α-hetero) is 2. The number of rotatable bonds is 1. The first kappa shape index (κ1) is 9.28. The normalized spacial score (nSPS) is 22.8. The maximum Gasteiger partial charge on any atom is 0.400 e. The summed E-state index contributed by atoms with van der Waals surface area (Å²) in [6.45, 7) is 0. The van der Waals surface area contributed by atoms with Crippen LogP contribution >= 0.6 is 0 Å². The summed E-state index contributed by atoms with van der Waals surface area (Å²) in [6.07, 6.45) is -0.555. The monoisotopic (exact) mass is 182 g/mol. The van der Waals surface area contributed by atoms with Crippen molar-refractivity contribution in [1.82, 2.24) is 0 Å². The number of carboxylic acid groups (broad SMARTS) is 1. The number of ketones is 2. The maximum absolute atomic E-state index is 11.0. The SMILES string of the molecule is [N-]=[N+]=C1C(=O)CC(C(=O)O)CC1=O. The second-order valence-corrected chi connectivity index (χ2v) is 2.74. The van der Waals surface area contributed by atoms with Gasteiger partial charge in [-0.05, 0) is 0 Å². The molecule has 0 heterocycles. The van der Waals surface area contributed by atoms with Crippen molar-refractivity contribution in [2.24, 2.45) is 5.92 Å². The van der Waals surface area contributed by atoms with Gasteiger partial charge >= 0.3 is 11.7 Å². The van der Waals surface area contributed by atoms with Gasteiger partial charge < -0.3 is 10.6 Å². The minimum Gasteiger partial charge on any atom is -0.481 e. The average molecular weight is 182 g/mol. The minimum atomic E-state index is -1.18. The number of carboxylic acids is 1. The van der Waals surface area contributed by atoms with E-state index < -0.39 is 29.2 Å². The predicted molar refractivity (Wildman–Crippen MR) is 39.0 cm³/mol. The third-order valence-electron chi connectivity index (χ3n) is 1.84. The summed E-state index contributed by atoms with van der Waals surface area (Å²) in [7, 11) is 0. The lowest BCUT2D eigenvalue weighted by molar-refractivity contribution is -0.146. The highest BCUT2D eigenvalue weighted by molar-refractivity contribution is 6.65. The molecule has 0 saturated heterocycles. The third kappa shape index (κ3) is 1.68. The Hall–Kier alpha value is -1.81. The molecule has 0 atom stereocenters. The molecular formula is C7H6N2O4. The molecule has 0 aromatic heterocycles. The Labute approximate surface area is 72.8 Å². The standard InChI is InChI=1S/C7H6N2O4/c8-9-6-4(10)1-3(7(12)13)2-5(6)11/h3H,1-2H2,(H,12,13). The second-order valence-electron chi connectivity index (χ2n) is 2.74. The van der Waals surface area contributed by atoms with E-state index in [1.54, 1.807) is 0 Å². The fraction of sp³-hybridized carbons (Fsp3) is 0.429. The molecule has 0 radical (unpaired) electrons. The predicted octanol–water partition coefficient (Wildman–Crippen LogP) is -0.710. The van der Waals surface area contributed by atoms with Crippen molar-refractivity contribution in [1.29, 1.82) is 0 Å². The van der Waals surface area contributed by atoms with Gasteiger partial charge in [-0.2, -0.15) is 4.79 Å². The van der Waals surface area contributed by atoms with Gasteiger partial charge in [-0.1, -0.05) is 0 Å². The molecular weight excluding hydrogens is 176 g/mol. The van der Waals surface area contributed by atoms with Crippen molar-refractivity contribution in [2.75, 3.05) is 0 Å². The molecule has 0 unspecified atom stereocenters. The van der Waals surface area contributed by atoms with Crippen LogP contribution in [0.4, 0.5) is 0 Å². The van der Waals surface area contributed by atoms with Crippen LogP contribution in [-0.4, -0.2) is 33.1 Å². The van der Waals surface area contributed by atoms with E-state index in [1.165, 1.54) is 0 Å². The zero-order valence-electron chi connectivity index (χ0n) is 6.56.